The van der Waals surface area contributed by atoms with Crippen molar-refractivity contribution in [3.63, 3.8) is 0 Å². The van der Waals surface area contributed by atoms with Crippen LogP contribution >= 0.6 is 0 Å². The highest BCUT2D eigenvalue weighted by Gasteiger charge is 2.27. The predicted octanol–water partition coefficient (Wildman–Crippen LogP) is -1.53. The van der Waals surface area contributed by atoms with Crippen LogP contribution in [0.2, 0.25) is 0 Å². The highest BCUT2D eigenvalue weighted by Crippen LogP contribution is 2.16. The summed E-state index contributed by atoms with van der Waals surface area (Å²) < 4.78 is 21.3. The molecule has 0 aromatic rings. The van der Waals surface area contributed by atoms with Crippen molar-refractivity contribution < 1.29 is 13.2 Å². The van der Waals surface area contributed by atoms with Crippen molar-refractivity contribution in [1.82, 2.24) is 4.90 Å². The van der Waals surface area contributed by atoms with Crippen LogP contribution in [0.4, 0.5) is 0 Å². The maximum absolute atomic E-state index is 11.4. The molecule has 0 radical (unpaired) electrons. The van der Waals surface area contributed by atoms with Crippen molar-refractivity contribution in [2.75, 3.05) is 25.4 Å². The van der Waals surface area contributed by atoms with Crippen LogP contribution in [0.25, 0.3) is 0 Å². The van der Waals surface area contributed by atoms with Crippen molar-refractivity contribution >= 4 is 15.9 Å². The van der Waals surface area contributed by atoms with Gasteiger partial charge in [-0.3, -0.25) is 4.79 Å². The molecule has 1 fully saturated rings. The second-order valence-corrected chi connectivity index (χ2v) is 5.60. The molecule has 0 aromatic heterocycles. The highest BCUT2D eigenvalue weighted by molar-refractivity contribution is 7.89. The summed E-state index contributed by atoms with van der Waals surface area (Å²) in [4.78, 5) is 13.0. The van der Waals surface area contributed by atoms with Gasteiger partial charge in [-0.15, -0.1) is 0 Å². The summed E-state index contributed by atoms with van der Waals surface area (Å²) in [6, 6.07) is 0. The first-order valence-electron chi connectivity index (χ1n) is 4.90. The van der Waals surface area contributed by atoms with Crippen molar-refractivity contribution in [3.05, 3.63) is 0 Å². The van der Waals surface area contributed by atoms with Gasteiger partial charge in [-0.2, -0.15) is 0 Å². The first-order valence-corrected chi connectivity index (χ1v) is 6.62. The molecule has 1 unspecified atom stereocenters. The molecule has 1 amide bonds. The van der Waals surface area contributed by atoms with Gasteiger partial charge in [0.2, 0.25) is 15.9 Å². The van der Waals surface area contributed by atoms with Gasteiger partial charge in [-0.25, -0.2) is 13.6 Å². The fourth-order valence-corrected chi connectivity index (χ4v) is 2.22. The van der Waals surface area contributed by atoms with Crippen LogP contribution in [0.15, 0.2) is 0 Å². The molecule has 6 nitrogen and oxygen atoms in total. The SMILES string of the molecule is NCC1CC(=O)N(CCCS(N)(=O)=O)C1. The molecule has 0 aliphatic carbocycles. The zero-order valence-electron chi connectivity index (χ0n) is 8.55. The third-order valence-corrected chi connectivity index (χ3v) is 3.34. The number of primary sulfonamides is 1. The van der Waals surface area contributed by atoms with Gasteiger partial charge < -0.3 is 10.6 Å². The second-order valence-electron chi connectivity index (χ2n) is 3.87. The molecule has 1 saturated heterocycles. The van der Waals surface area contributed by atoms with E-state index >= 15 is 0 Å². The topological polar surface area (TPSA) is 106 Å². The Labute approximate surface area is 89.6 Å². The number of sulfonamides is 1. The van der Waals surface area contributed by atoms with Crippen molar-refractivity contribution in [3.8, 4) is 0 Å². The maximum Gasteiger partial charge on any atom is 0.222 e. The first-order chi connectivity index (χ1) is 6.92. The molecule has 4 N–H and O–H groups in total. The number of hydrogen-bond donors (Lipinski definition) is 2. The zero-order chi connectivity index (χ0) is 11.5. The standard InChI is InChI=1S/C8H17N3O3S/c9-5-7-4-8(12)11(6-7)2-1-3-15(10,13)14/h7H,1-6,9H2,(H2,10,13,14). The van der Waals surface area contributed by atoms with Crippen molar-refractivity contribution in [2.24, 2.45) is 16.8 Å². The van der Waals surface area contributed by atoms with E-state index in [0.717, 1.165) is 0 Å². The number of carbonyl (C=O) groups excluding carboxylic acids is 1. The zero-order valence-corrected chi connectivity index (χ0v) is 9.37. The lowest BCUT2D eigenvalue weighted by atomic mass is 10.1. The summed E-state index contributed by atoms with van der Waals surface area (Å²) in [5.41, 5.74) is 5.46. The van der Waals surface area contributed by atoms with Crippen LogP contribution < -0.4 is 10.9 Å². The summed E-state index contributed by atoms with van der Waals surface area (Å²) in [5, 5.41) is 4.86. The molecule has 7 heteroatoms. The van der Waals surface area contributed by atoms with E-state index in [-0.39, 0.29) is 17.6 Å². The quantitative estimate of drug-likeness (QED) is 0.603. The minimum atomic E-state index is -3.42. The molecular formula is C8H17N3O3S. The molecule has 1 rings (SSSR count). The first kappa shape index (κ1) is 12.4. The lowest BCUT2D eigenvalue weighted by Gasteiger charge is -2.15. The number of likely N-dealkylation sites (tertiary alicyclic amines) is 1. The van der Waals surface area contributed by atoms with Gasteiger partial charge in [-0.1, -0.05) is 0 Å². The van der Waals surface area contributed by atoms with E-state index in [9.17, 15) is 13.2 Å². The Balaban J connectivity index is 2.31. The van der Waals surface area contributed by atoms with Gasteiger partial charge in [-0.05, 0) is 18.9 Å². The summed E-state index contributed by atoms with van der Waals surface area (Å²) >= 11 is 0. The number of nitrogens with zero attached hydrogens (tertiary/aromatic N) is 1. The van der Waals surface area contributed by atoms with Gasteiger partial charge in [0.15, 0.2) is 0 Å². The number of nitrogens with two attached hydrogens (primary N) is 2. The van der Waals surface area contributed by atoms with Gasteiger partial charge in [0.25, 0.3) is 0 Å². The molecule has 88 valence electrons. The second kappa shape index (κ2) is 4.91. The largest absolute Gasteiger partial charge is 0.342 e. The highest BCUT2D eigenvalue weighted by atomic mass is 32.2. The van der Waals surface area contributed by atoms with E-state index in [1.165, 1.54) is 0 Å². The van der Waals surface area contributed by atoms with Crippen molar-refractivity contribution in [2.45, 2.75) is 12.8 Å². The van der Waals surface area contributed by atoms with E-state index in [0.29, 0.717) is 32.5 Å². The summed E-state index contributed by atoms with van der Waals surface area (Å²) in [5.74, 6) is 0.191. The Kier molecular flexibility index (Phi) is 4.06. The third-order valence-electron chi connectivity index (χ3n) is 2.48. The Bertz CT molecular complexity index is 328. The molecule has 0 bridgehead atoms. The van der Waals surface area contributed by atoms with Gasteiger partial charge >= 0.3 is 0 Å². The molecule has 1 heterocycles. The molecule has 15 heavy (non-hydrogen) atoms. The fourth-order valence-electron chi connectivity index (χ4n) is 1.68. The van der Waals surface area contributed by atoms with Crippen LogP contribution in [0, 0.1) is 5.92 Å². The van der Waals surface area contributed by atoms with E-state index < -0.39 is 10.0 Å². The lowest BCUT2D eigenvalue weighted by molar-refractivity contribution is -0.127. The van der Waals surface area contributed by atoms with Gasteiger partial charge in [0.1, 0.15) is 0 Å². The van der Waals surface area contributed by atoms with Gasteiger partial charge in [0, 0.05) is 19.5 Å². The molecule has 0 spiro atoms. The average molecular weight is 235 g/mol. The number of rotatable bonds is 5. The Morgan fingerprint density at radius 3 is 2.60 bits per heavy atom. The Morgan fingerprint density at radius 1 is 1.47 bits per heavy atom. The van der Waals surface area contributed by atoms with Crippen molar-refractivity contribution in [1.29, 1.82) is 0 Å². The van der Waals surface area contributed by atoms with E-state index in [4.69, 9.17) is 10.9 Å². The Hall–Kier alpha value is -0.660. The van der Waals surface area contributed by atoms with Crippen LogP contribution in [0.1, 0.15) is 12.8 Å². The fraction of sp³-hybridized carbons (Fsp3) is 0.875. The van der Waals surface area contributed by atoms with E-state index in [2.05, 4.69) is 0 Å². The lowest BCUT2D eigenvalue weighted by Crippen LogP contribution is -2.29. The van der Waals surface area contributed by atoms with Crippen LogP contribution in [-0.4, -0.2) is 44.6 Å². The minimum Gasteiger partial charge on any atom is -0.342 e. The normalized spacial score (nSPS) is 22.4. The molecule has 0 saturated carbocycles. The number of hydrogen-bond acceptors (Lipinski definition) is 4. The monoisotopic (exact) mass is 235 g/mol. The molecule has 1 atom stereocenters. The minimum absolute atomic E-state index is 0.0554. The smallest absolute Gasteiger partial charge is 0.222 e. The average Bonchev–Trinajstić information content (AvgIpc) is 2.45. The van der Waals surface area contributed by atoms with Gasteiger partial charge in [0.05, 0.1) is 5.75 Å². The maximum atomic E-state index is 11.4. The predicted molar refractivity (Wildman–Crippen MR) is 56.3 cm³/mol. The van der Waals surface area contributed by atoms with Crippen LogP contribution in [-0.2, 0) is 14.8 Å². The Morgan fingerprint density at radius 2 is 2.13 bits per heavy atom. The molecule has 1 aliphatic rings. The summed E-state index contributed by atoms with van der Waals surface area (Å²) in [6.45, 7) is 1.59. The summed E-state index contributed by atoms with van der Waals surface area (Å²) in [6.07, 6.45) is 0.869. The summed E-state index contributed by atoms with van der Waals surface area (Å²) in [7, 11) is -3.42. The number of carbonyl (C=O) groups is 1. The van der Waals surface area contributed by atoms with Crippen LogP contribution in [0.5, 0.6) is 0 Å². The number of amides is 1. The molecule has 0 aromatic carbocycles. The molecule has 1 aliphatic heterocycles. The van der Waals surface area contributed by atoms with E-state index in [1.807, 2.05) is 0 Å². The molecular weight excluding hydrogens is 218 g/mol. The van der Waals surface area contributed by atoms with Crippen LogP contribution in [0.3, 0.4) is 0 Å². The third kappa shape index (κ3) is 4.15. The van der Waals surface area contributed by atoms with E-state index in [1.54, 1.807) is 4.90 Å².